The van der Waals surface area contributed by atoms with Gasteiger partial charge in [-0.15, -0.1) is 19.1 Å². The lowest BCUT2D eigenvalue weighted by Crippen LogP contribution is -1.96. The van der Waals surface area contributed by atoms with Crippen LogP contribution in [0.3, 0.4) is 0 Å². The maximum absolute atomic E-state index is 10.5. The van der Waals surface area contributed by atoms with Gasteiger partial charge in [-0.05, 0) is 18.2 Å². The van der Waals surface area contributed by atoms with Crippen molar-refractivity contribution in [2.75, 3.05) is 0 Å². The van der Waals surface area contributed by atoms with Crippen molar-refractivity contribution in [2.45, 2.75) is 4.90 Å². The van der Waals surface area contributed by atoms with Crippen molar-refractivity contribution in [3.05, 3.63) is 29.3 Å². The highest BCUT2D eigenvalue weighted by Crippen LogP contribution is 2.12. The summed E-state index contributed by atoms with van der Waals surface area (Å²) in [6.45, 7) is 0. The van der Waals surface area contributed by atoms with Gasteiger partial charge in [0.15, 0.2) is 0 Å². The van der Waals surface area contributed by atoms with Crippen molar-refractivity contribution >= 4 is 18.6 Å². The Kier molecular flexibility index (Phi) is 2.41. The molecule has 0 atom stereocenters. The van der Waals surface area contributed by atoms with E-state index in [0.717, 1.165) is 0 Å². The van der Waals surface area contributed by atoms with Crippen molar-refractivity contribution in [1.29, 1.82) is 0 Å². The number of carboxylic acids is 1. The minimum atomic E-state index is -0.998. The monoisotopic (exact) mass is 178 g/mol. The molecule has 1 aromatic rings. The number of rotatable bonds is 1. The van der Waals surface area contributed by atoms with Crippen LogP contribution in [0.15, 0.2) is 23.1 Å². The number of aromatic carboxylic acids is 1. The summed E-state index contributed by atoms with van der Waals surface area (Å²) in [4.78, 5) is 11.1. The number of hydrogen-bond donors (Lipinski definition) is 2. The largest absolute Gasteiger partial charge is 0.478 e. The Labute approximate surface area is 75.6 Å². The average molecular weight is 178 g/mol. The van der Waals surface area contributed by atoms with Gasteiger partial charge in [0.1, 0.15) is 0 Å². The van der Waals surface area contributed by atoms with Crippen LogP contribution < -0.4 is 0 Å². The average Bonchev–Trinajstić information content (AvgIpc) is 2.03. The second-order valence-corrected chi connectivity index (χ2v) is 2.73. The molecule has 1 N–H and O–H groups in total. The third kappa shape index (κ3) is 1.80. The molecule has 1 rings (SSSR count). The van der Waals surface area contributed by atoms with Gasteiger partial charge in [-0.2, -0.15) is 0 Å². The predicted octanol–water partition coefficient (Wildman–Crippen LogP) is 1.65. The Morgan fingerprint density at radius 2 is 2.17 bits per heavy atom. The zero-order valence-corrected chi connectivity index (χ0v) is 7.01. The molecule has 0 aliphatic heterocycles. The van der Waals surface area contributed by atoms with Crippen molar-refractivity contribution in [3.63, 3.8) is 0 Å². The fourth-order valence-corrected chi connectivity index (χ4v) is 1.10. The minimum absolute atomic E-state index is 0.162. The van der Waals surface area contributed by atoms with Crippen LogP contribution in [-0.4, -0.2) is 11.1 Å². The summed E-state index contributed by atoms with van der Waals surface area (Å²) in [7, 11) is 0. The van der Waals surface area contributed by atoms with Gasteiger partial charge in [0.2, 0.25) is 0 Å². The lowest BCUT2D eigenvalue weighted by Gasteiger charge is -1.97. The van der Waals surface area contributed by atoms with Crippen LogP contribution in [0.2, 0.25) is 0 Å². The summed E-state index contributed by atoms with van der Waals surface area (Å²) < 4.78 is 0. The number of thiol groups is 1. The molecule has 0 saturated heterocycles. The molecule has 1 aromatic carbocycles. The van der Waals surface area contributed by atoms with E-state index in [9.17, 15) is 4.79 Å². The normalized spacial score (nSPS) is 9.00. The molecular weight excluding hydrogens is 172 g/mol. The third-order valence-electron chi connectivity index (χ3n) is 1.33. The van der Waals surface area contributed by atoms with E-state index in [2.05, 4.69) is 18.5 Å². The molecule has 60 valence electrons. The minimum Gasteiger partial charge on any atom is -0.478 e. The fourth-order valence-electron chi connectivity index (χ4n) is 0.818. The van der Waals surface area contributed by atoms with Gasteiger partial charge < -0.3 is 5.11 Å². The van der Waals surface area contributed by atoms with E-state index in [-0.39, 0.29) is 5.56 Å². The second kappa shape index (κ2) is 3.33. The molecule has 2 nitrogen and oxygen atoms in total. The van der Waals surface area contributed by atoms with E-state index < -0.39 is 5.97 Å². The molecule has 0 aliphatic rings. The van der Waals surface area contributed by atoms with Gasteiger partial charge in [0.25, 0.3) is 0 Å². The SMILES string of the molecule is C#Cc1cc(S)cc(C(=O)O)c1. The van der Waals surface area contributed by atoms with E-state index in [0.29, 0.717) is 10.5 Å². The molecule has 0 fully saturated rings. The van der Waals surface area contributed by atoms with Crippen molar-refractivity contribution < 1.29 is 9.90 Å². The fraction of sp³-hybridized carbons (Fsp3) is 0. The Balaban J connectivity index is 3.26. The van der Waals surface area contributed by atoms with Crippen molar-refractivity contribution in [3.8, 4) is 12.3 Å². The van der Waals surface area contributed by atoms with Crippen LogP contribution in [0.1, 0.15) is 15.9 Å². The van der Waals surface area contributed by atoms with Crippen LogP contribution in [0, 0.1) is 12.3 Å². The molecule has 0 unspecified atom stereocenters. The highest BCUT2D eigenvalue weighted by Gasteiger charge is 2.03. The number of benzene rings is 1. The number of hydrogen-bond acceptors (Lipinski definition) is 2. The Hall–Kier alpha value is -1.40. The highest BCUT2D eigenvalue weighted by atomic mass is 32.1. The predicted molar refractivity (Wildman–Crippen MR) is 48.6 cm³/mol. The van der Waals surface area contributed by atoms with Crippen LogP contribution in [-0.2, 0) is 0 Å². The van der Waals surface area contributed by atoms with Gasteiger partial charge in [-0.25, -0.2) is 4.79 Å². The molecule has 0 aromatic heterocycles. The van der Waals surface area contributed by atoms with Gasteiger partial charge >= 0.3 is 5.97 Å². The van der Waals surface area contributed by atoms with Crippen LogP contribution in [0.25, 0.3) is 0 Å². The number of carbonyl (C=O) groups is 1. The van der Waals surface area contributed by atoms with Crippen LogP contribution in [0.5, 0.6) is 0 Å². The Morgan fingerprint density at radius 3 is 2.67 bits per heavy atom. The molecule has 3 heteroatoms. The van der Waals surface area contributed by atoms with Gasteiger partial charge in [-0.1, -0.05) is 5.92 Å². The van der Waals surface area contributed by atoms with Crippen LogP contribution >= 0.6 is 12.6 Å². The molecule has 0 bridgehead atoms. The quantitative estimate of drug-likeness (QED) is 0.507. The Bertz CT molecular complexity index is 363. The van der Waals surface area contributed by atoms with E-state index in [4.69, 9.17) is 11.5 Å². The molecule has 0 radical (unpaired) electrons. The van der Waals surface area contributed by atoms with E-state index >= 15 is 0 Å². The summed E-state index contributed by atoms with van der Waals surface area (Å²) in [5.74, 6) is 1.35. The Morgan fingerprint density at radius 1 is 1.50 bits per heavy atom. The second-order valence-electron chi connectivity index (χ2n) is 2.22. The zero-order valence-electron chi connectivity index (χ0n) is 6.11. The molecule has 0 heterocycles. The first-order valence-corrected chi connectivity index (χ1v) is 3.62. The van der Waals surface area contributed by atoms with E-state index in [1.165, 1.54) is 12.1 Å². The van der Waals surface area contributed by atoms with Crippen molar-refractivity contribution in [1.82, 2.24) is 0 Å². The maximum atomic E-state index is 10.5. The lowest BCUT2D eigenvalue weighted by atomic mass is 10.1. The molecule has 0 spiro atoms. The molecule has 0 saturated carbocycles. The molecule has 12 heavy (non-hydrogen) atoms. The van der Waals surface area contributed by atoms with Crippen molar-refractivity contribution in [2.24, 2.45) is 0 Å². The van der Waals surface area contributed by atoms with Crippen LogP contribution in [0.4, 0.5) is 0 Å². The van der Waals surface area contributed by atoms with E-state index in [1.807, 2.05) is 0 Å². The number of carboxylic acid groups (broad SMARTS) is 1. The molecule has 0 amide bonds. The standard InChI is InChI=1S/C9H6O2S/c1-2-6-3-7(9(10)11)5-8(12)4-6/h1,3-5,12H,(H,10,11). The third-order valence-corrected chi connectivity index (χ3v) is 1.59. The summed E-state index contributed by atoms with van der Waals surface area (Å²) in [5.41, 5.74) is 0.690. The first-order valence-electron chi connectivity index (χ1n) is 3.17. The maximum Gasteiger partial charge on any atom is 0.335 e. The summed E-state index contributed by atoms with van der Waals surface area (Å²) in [6.07, 6.45) is 5.11. The summed E-state index contributed by atoms with van der Waals surface area (Å²) in [5, 5.41) is 8.63. The number of terminal acetylenes is 1. The first-order chi connectivity index (χ1) is 5.63. The summed E-state index contributed by atoms with van der Waals surface area (Å²) >= 11 is 4.01. The zero-order chi connectivity index (χ0) is 9.14. The highest BCUT2D eigenvalue weighted by molar-refractivity contribution is 7.80. The smallest absolute Gasteiger partial charge is 0.335 e. The molecule has 0 aliphatic carbocycles. The first kappa shape index (κ1) is 8.69. The van der Waals surface area contributed by atoms with Gasteiger partial charge in [-0.3, -0.25) is 0 Å². The topological polar surface area (TPSA) is 37.3 Å². The van der Waals surface area contributed by atoms with Gasteiger partial charge in [0, 0.05) is 10.5 Å². The molecular formula is C9H6O2S. The van der Waals surface area contributed by atoms with E-state index in [1.54, 1.807) is 6.07 Å². The lowest BCUT2D eigenvalue weighted by molar-refractivity contribution is 0.0696. The summed E-state index contributed by atoms with van der Waals surface area (Å²) in [6, 6.07) is 4.52. The van der Waals surface area contributed by atoms with Gasteiger partial charge in [0.05, 0.1) is 5.56 Å².